The normalized spacial score (nSPS) is 8.75. The number of primary amides is 1. The van der Waals surface area contributed by atoms with Gasteiger partial charge in [-0.1, -0.05) is 13.3 Å². The van der Waals surface area contributed by atoms with E-state index in [-0.39, 0.29) is 0 Å². The zero-order valence-electron chi connectivity index (χ0n) is 7.02. The summed E-state index contributed by atoms with van der Waals surface area (Å²) in [6, 6.07) is -1.25. The Morgan fingerprint density at radius 2 is 2.00 bits per heavy atom. The largest absolute Gasteiger partial charge is 0.350 e. The van der Waals surface area contributed by atoms with Crippen LogP contribution in [0.3, 0.4) is 0 Å². The van der Waals surface area contributed by atoms with Crippen molar-refractivity contribution in [2.45, 2.75) is 19.8 Å². The molecule has 0 aliphatic heterocycles. The molecule has 4 amide bonds. The highest BCUT2D eigenvalue weighted by atomic mass is 16.2. The van der Waals surface area contributed by atoms with Gasteiger partial charge in [0.05, 0.1) is 0 Å². The average Bonchev–Trinajstić information content (AvgIpc) is 2.01. The minimum atomic E-state index is -0.791. The molecule has 0 aromatic heterocycles. The predicted molar refractivity (Wildman–Crippen MR) is 44.2 cm³/mol. The van der Waals surface area contributed by atoms with E-state index in [1.54, 1.807) is 0 Å². The van der Waals surface area contributed by atoms with Crippen LogP contribution >= 0.6 is 0 Å². The average molecular weight is 174 g/mol. The molecule has 0 radical (unpaired) electrons. The van der Waals surface area contributed by atoms with E-state index in [1.165, 1.54) is 0 Å². The van der Waals surface area contributed by atoms with E-state index in [4.69, 9.17) is 5.73 Å². The van der Waals surface area contributed by atoms with Gasteiger partial charge in [-0.15, -0.1) is 0 Å². The second-order valence-electron chi connectivity index (χ2n) is 2.22. The number of nitrogens with two attached hydrogens (primary N) is 1. The third kappa shape index (κ3) is 6.66. The summed E-state index contributed by atoms with van der Waals surface area (Å²) in [5.41, 5.74) is 8.72. The van der Waals surface area contributed by atoms with Gasteiger partial charge in [0.15, 0.2) is 0 Å². The lowest BCUT2D eigenvalue weighted by Gasteiger charge is -2.05. The molecule has 0 saturated carbocycles. The summed E-state index contributed by atoms with van der Waals surface area (Å²) in [6.07, 6.45) is 1.91. The first-order valence-corrected chi connectivity index (χ1v) is 3.76. The molecule has 0 aliphatic rings. The van der Waals surface area contributed by atoms with Gasteiger partial charge in [-0.25, -0.2) is 20.4 Å². The van der Waals surface area contributed by atoms with Crippen LogP contribution in [0, 0.1) is 0 Å². The molecule has 12 heavy (non-hydrogen) atoms. The van der Waals surface area contributed by atoms with Crippen molar-refractivity contribution in [1.29, 1.82) is 0 Å². The number of unbranched alkanes of at least 4 members (excludes halogenated alkanes) is 1. The van der Waals surface area contributed by atoms with Crippen molar-refractivity contribution < 1.29 is 9.59 Å². The standard InChI is InChI=1S/C6H14N4O2/c1-2-3-4-8-6(12)10-9-5(7)11/h2-4H2,1H3,(H3,7,9,11)(H2,8,10,12). The van der Waals surface area contributed by atoms with Crippen LogP contribution < -0.4 is 21.9 Å². The Hall–Kier alpha value is -1.46. The van der Waals surface area contributed by atoms with Crippen LogP contribution in [-0.4, -0.2) is 18.6 Å². The van der Waals surface area contributed by atoms with Crippen molar-refractivity contribution in [2.75, 3.05) is 6.54 Å². The number of nitrogens with one attached hydrogen (secondary N) is 3. The number of carbonyl (C=O) groups excluding carboxylic acids is 2. The molecule has 5 N–H and O–H groups in total. The van der Waals surface area contributed by atoms with Crippen LogP contribution in [0.5, 0.6) is 0 Å². The maximum Gasteiger partial charge on any atom is 0.333 e. The van der Waals surface area contributed by atoms with Crippen molar-refractivity contribution >= 4 is 12.1 Å². The van der Waals surface area contributed by atoms with Gasteiger partial charge in [0.1, 0.15) is 0 Å². The lowest BCUT2D eigenvalue weighted by Crippen LogP contribution is -2.49. The van der Waals surface area contributed by atoms with Gasteiger partial charge in [-0.05, 0) is 6.42 Å². The summed E-state index contributed by atoms with van der Waals surface area (Å²) < 4.78 is 0. The van der Waals surface area contributed by atoms with Gasteiger partial charge >= 0.3 is 12.1 Å². The maximum absolute atomic E-state index is 10.7. The van der Waals surface area contributed by atoms with Crippen LogP contribution in [0.25, 0.3) is 0 Å². The first-order chi connectivity index (χ1) is 5.66. The highest BCUT2D eigenvalue weighted by Gasteiger charge is 1.97. The van der Waals surface area contributed by atoms with Crippen molar-refractivity contribution in [3.8, 4) is 0 Å². The van der Waals surface area contributed by atoms with E-state index in [0.29, 0.717) is 6.54 Å². The van der Waals surface area contributed by atoms with Crippen LogP contribution in [0.1, 0.15) is 19.8 Å². The van der Waals surface area contributed by atoms with Gasteiger partial charge in [-0.3, -0.25) is 0 Å². The molecule has 0 rings (SSSR count). The highest BCUT2D eigenvalue weighted by molar-refractivity contribution is 5.78. The fourth-order valence-corrected chi connectivity index (χ4v) is 0.541. The number of amides is 4. The molecule has 0 aromatic carbocycles. The first-order valence-electron chi connectivity index (χ1n) is 3.76. The molecule has 0 fully saturated rings. The molecule has 0 unspecified atom stereocenters. The third-order valence-electron chi connectivity index (χ3n) is 1.12. The molecule has 70 valence electrons. The van der Waals surface area contributed by atoms with Crippen LogP contribution in [-0.2, 0) is 0 Å². The predicted octanol–water partition coefficient (Wildman–Crippen LogP) is -0.331. The Bertz CT molecular complexity index is 160. The Morgan fingerprint density at radius 3 is 2.50 bits per heavy atom. The molecule has 0 bridgehead atoms. The number of hydrazine groups is 1. The molecule has 0 spiro atoms. The zero-order valence-corrected chi connectivity index (χ0v) is 7.02. The number of hydrogen-bond donors (Lipinski definition) is 4. The quantitative estimate of drug-likeness (QED) is 0.348. The van der Waals surface area contributed by atoms with Gasteiger partial charge < -0.3 is 11.1 Å². The smallest absolute Gasteiger partial charge is 0.333 e. The van der Waals surface area contributed by atoms with E-state index >= 15 is 0 Å². The van der Waals surface area contributed by atoms with E-state index < -0.39 is 12.1 Å². The molecular weight excluding hydrogens is 160 g/mol. The first kappa shape index (κ1) is 10.5. The van der Waals surface area contributed by atoms with Crippen LogP contribution in [0.4, 0.5) is 9.59 Å². The minimum absolute atomic E-state index is 0.456. The molecule has 0 aromatic rings. The van der Waals surface area contributed by atoms with Crippen molar-refractivity contribution in [3.63, 3.8) is 0 Å². The van der Waals surface area contributed by atoms with Gasteiger partial charge in [-0.2, -0.15) is 0 Å². The molecule has 0 aliphatic carbocycles. The third-order valence-corrected chi connectivity index (χ3v) is 1.12. The number of hydrogen-bond acceptors (Lipinski definition) is 2. The van der Waals surface area contributed by atoms with Crippen LogP contribution in [0.15, 0.2) is 0 Å². The highest BCUT2D eigenvalue weighted by Crippen LogP contribution is 1.81. The lowest BCUT2D eigenvalue weighted by atomic mass is 10.3. The minimum Gasteiger partial charge on any atom is -0.350 e. The number of urea groups is 2. The van der Waals surface area contributed by atoms with Crippen molar-refractivity contribution in [2.24, 2.45) is 5.73 Å². The van der Waals surface area contributed by atoms with Crippen molar-refractivity contribution in [3.05, 3.63) is 0 Å². The summed E-state index contributed by atoms with van der Waals surface area (Å²) in [7, 11) is 0. The second kappa shape index (κ2) is 6.26. The van der Waals surface area contributed by atoms with Crippen LogP contribution in [0.2, 0.25) is 0 Å². The van der Waals surface area contributed by atoms with E-state index in [1.807, 2.05) is 12.3 Å². The van der Waals surface area contributed by atoms with Gasteiger partial charge in [0, 0.05) is 6.54 Å². The second-order valence-corrected chi connectivity index (χ2v) is 2.22. The number of carbonyl (C=O) groups is 2. The summed E-state index contributed by atoms with van der Waals surface area (Å²) in [4.78, 5) is 20.8. The Labute approximate surface area is 70.8 Å². The summed E-state index contributed by atoms with van der Waals surface area (Å²) in [6.45, 7) is 2.60. The van der Waals surface area contributed by atoms with Crippen molar-refractivity contribution in [1.82, 2.24) is 16.2 Å². The maximum atomic E-state index is 10.7. The Kier molecular flexibility index (Phi) is 5.50. The molecule has 0 heterocycles. The molecule has 0 atom stereocenters. The zero-order chi connectivity index (χ0) is 9.40. The fourth-order valence-electron chi connectivity index (χ4n) is 0.541. The molecular formula is C6H14N4O2. The summed E-state index contributed by atoms with van der Waals surface area (Å²) in [5.74, 6) is 0. The van der Waals surface area contributed by atoms with E-state index in [2.05, 4.69) is 10.7 Å². The summed E-state index contributed by atoms with van der Waals surface area (Å²) in [5, 5.41) is 2.52. The fraction of sp³-hybridized carbons (Fsp3) is 0.667. The van der Waals surface area contributed by atoms with E-state index in [9.17, 15) is 9.59 Å². The van der Waals surface area contributed by atoms with E-state index in [0.717, 1.165) is 12.8 Å². The topological polar surface area (TPSA) is 96.2 Å². The number of rotatable bonds is 3. The Morgan fingerprint density at radius 1 is 1.33 bits per heavy atom. The van der Waals surface area contributed by atoms with Gasteiger partial charge in [0.2, 0.25) is 0 Å². The lowest BCUT2D eigenvalue weighted by molar-refractivity contribution is 0.228. The monoisotopic (exact) mass is 174 g/mol. The summed E-state index contributed by atoms with van der Waals surface area (Å²) >= 11 is 0. The Balaban J connectivity index is 3.28. The molecule has 6 nitrogen and oxygen atoms in total. The van der Waals surface area contributed by atoms with Gasteiger partial charge in [0.25, 0.3) is 0 Å². The SMILES string of the molecule is CCCCNC(=O)NNC(N)=O. The molecule has 0 saturated heterocycles. The molecule has 6 heteroatoms.